The first-order valence-corrected chi connectivity index (χ1v) is 12.0. The SMILES string of the molecule is N#CCSc1nc(SCC(=O)OCc2ccccc2)c(C(=O)OCc2ccccc2)s1. The van der Waals surface area contributed by atoms with Crippen molar-refractivity contribution in [2.24, 2.45) is 0 Å². The zero-order chi connectivity index (χ0) is 21.9. The predicted molar refractivity (Wildman–Crippen MR) is 121 cm³/mol. The monoisotopic (exact) mass is 470 g/mol. The van der Waals surface area contributed by atoms with Crippen molar-refractivity contribution in [2.45, 2.75) is 22.6 Å². The van der Waals surface area contributed by atoms with Gasteiger partial charge in [0.05, 0.1) is 17.6 Å². The Morgan fingerprint density at radius 3 is 2.16 bits per heavy atom. The molecule has 0 unspecified atom stereocenters. The van der Waals surface area contributed by atoms with Crippen molar-refractivity contribution in [1.29, 1.82) is 5.26 Å². The Morgan fingerprint density at radius 2 is 1.55 bits per heavy atom. The average Bonchev–Trinajstić information content (AvgIpc) is 3.23. The van der Waals surface area contributed by atoms with Crippen LogP contribution in [-0.4, -0.2) is 28.4 Å². The van der Waals surface area contributed by atoms with E-state index < -0.39 is 11.9 Å². The van der Waals surface area contributed by atoms with Crippen LogP contribution in [0.15, 0.2) is 70.0 Å². The summed E-state index contributed by atoms with van der Waals surface area (Å²) in [6.45, 7) is 0.327. The Balaban J connectivity index is 1.60. The van der Waals surface area contributed by atoms with E-state index in [0.717, 1.165) is 34.2 Å². The summed E-state index contributed by atoms with van der Waals surface area (Å²) in [5, 5.41) is 9.20. The van der Waals surface area contributed by atoms with Crippen molar-refractivity contribution < 1.29 is 19.1 Å². The molecule has 3 rings (SSSR count). The second-order valence-electron chi connectivity index (χ2n) is 6.06. The molecule has 2 aromatic carbocycles. The second-order valence-corrected chi connectivity index (χ2v) is 9.24. The van der Waals surface area contributed by atoms with Gasteiger partial charge in [-0.2, -0.15) is 5.26 Å². The molecule has 3 aromatic rings. The minimum Gasteiger partial charge on any atom is -0.460 e. The van der Waals surface area contributed by atoms with Gasteiger partial charge in [-0.1, -0.05) is 95.5 Å². The second kappa shape index (κ2) is 12.2. The van der Waals surface area contributed by atoms with Gasteiger partial charge in [-0.3, -0.25) is 4.79 Å². The van der Waals surface area contributed by atoms with Gasteiger partial charge in [0.25, 0.3) is 0 Å². The molecule has 0 atom stereocenters. The van der Waals surface area contributed by atoms with E-state index in [9.17, 15) is 9.59 Å². The molecule has 0 radical (unpaired) electrons. The summed E-state index contributed by atoms with van der Waals surface area (Å²) in [4.78, 5) is 29.5. The summed E-state index contributed by atoms with van der Waals surface area (Å²) < 4.78 is 11.3. The summed E-state index contributed by atoms with van der Waals surface area (Å²) in [6, 6.07) is 20.8. The third-order valence-corrected chi connectivity index (χ3v) is 6.93. The number of hydrogen-bond acceptors (Lipinski definition) is 9. The number of rotatable bonds is 10. The maximum atomic E-state index is 12.6. The van der Waals surface area contributed by atoms with Gasteiger partial charge in [0.15, 0.2) is 4.34 Å². The van der Waals surface area contributed by atoms with E-state index in [0.29, 0.717) is 14.2 Å². The molecule has 158 valence electrons. The van der Waals surface area contributed by atoms with E-state index in [2.05, 4.69) is 4.98 Å². The summed E-state index contributed by atoms with van der Waals surface area (Å²) in [6.07, 6.45) is 0. The van der Waals surface area contributed by atoms with Crippen LogP contribution in [0.5, 0.6) is 0 Å². The quantitative estimate of drug-likeness (QED) is 0.304. The molecule has 0 N–H and O–H groups in total. The first-order valence-electron chi connectivity index (χ1n) is 9.19. The van der Waals surface area contributed by atoms with Crippen LogP contribution in [0.1, 0.15) is 20.8 Å². The van der Waals surface area contributed by atoms with Crippen LogP contribution in [0.2, 0.25) is 0 Å². The maximum absolute atomic E-state index is 12.6. The molecule has 0 aliphatic heterocycles. The van der Waals surface area contributed by atoms with Crippen molar-refractivity contribution in [1.82, 2.24) is 4.98 Å². The summed E-state index contributed by atoms with van der Waals surface area (Å²) in [7, 11) is 0. The van der Waals surface area contributed by atoms with Gasteiger partial charge in [-0.25, -0.2) is 9.78 Å². The van der Waals surface area contributed by atoms with Crippen LogP contribution < -0.4 is 0 Å². The molecular weight excluding hydrogens is 452 g/mol. The fraction of sp³-hybridized carbons (Fsp3) is 0.182. The zero-order valence-corrected chi connectivity index (χ0v) is 18.8. The molecule has 1 heterocycles. The van der Waals surface area contributed by atoms with E-state index in [-0.39, 0.29) is 24.7 Å². The third-order valence-electron chi connectivity index (χ3n) is 3.80. The molecule has 6 nitrogen and oxygen atoms in total. The topological polar surface area (TPSA) is 89.3 Å². The van der Waals surface area contributed by atoms with E-state index in [1.54, 1.807) is 0 Å². The fourth-order valence-electron chi connectivity index (χ4n) is 2.37. The molecule has 0 saturated heterocycles. The molecule has 1 aromatic heterocycles. The summed E-state index contributed by atoms with van der Waals surface area (Å²) >= 11 is 3.52. The fourth-order valence-corrected chi connectivity index (χ4v) is 5.08. The highest BCUT2D eigenvalue weighted by Crippen LogP contribution is 2.33. The average molecular weight is 471 g/mol. The number of thiazole rings is 1. The van der Waals surface area contributed by atoms with Gasteiger partial charge < -0.3 is 9.47 Å². The van der Waals surface area contributed by atoms with E-state index in [4.69, 9.17) is 14.7 Å². The molecule has 9 heteroatoms. The lowest BCUT2D eigenvalue weighted by molar-refractivity contribution is -0.141. The molecular formula is C22H18N2O4S3. The van der Waals surface area contributed by atoms with Gasteiger partial charge in [-0.15, -0.1) is 0 Å². The Kier molecular flexibility index (Phi) is 8.97. The van der Waals surface area contributed by atoms with E-state index >= 15 is 0 Å². The van der Waals surface area contributed by atoms with Gasteiger partial charge >= 0.3 is 11.9 Å². The lowest BCUT2D eigenvalue weighted by Crippen LogP contribution is -2.08. The normalized spacial score (nSPS) is 10.3. The summed E-state index contributed by atoms with van der Waals surface area (Å²) in [5.41, 5.74) is 1.77. The molecule has 31 heavy (non-hydrogen) atoms. The standard InChI is InChI=1S/C22H18N2O4S3/c23-11-12-29-22-24-20(30-15-18(25)27-13-16-7-3-1-4-8-16)19(31-22)21(26)28-14-17-9-5-2-6-10-17/h1-10H,12-15H2. The third kappa shape index (κ3) is 7.43. The molecule has 0 aliphatic carbocycles. The van der Waals surface area contributed by atoms with Crippen LogP contribution in [0, 0.1) is 11.3 Å². The van der Waals surface area contributed by atoms with Crippen molar-refractivity contribution in [3.63, 3.8) is 0 Å². The lowest BCUT2D eigenvalue weighted by Gasteiger charge is -2.06. The van der Waals surface area contributed by atoms with Crippen LogP contribution in [0.3, 0.4) is 0 Å². The van der Waals surface area contributed by atoms with Crippen molar-refractivity contribution in [2.75, 3.05) is 11.5 Å². The highest BCUT2D eigenvalue weighted by molar-refractivity contribution is 8.01. The smallest absolute Gasteiger partial charge is 0.351 e. The predicted octanol–water partition coefficient (Wildman–Crippen LogP) is 4.95. The Labute approximate surface area is 192 Å². The number of nitrogens with zero attached hydrogens (tertiary/aromatic N) is 2. The molecule has 0 spiro atoms. The molecule has 0 bridgehead atoms. The highest BCUT2D eigenvalue weighted by atomic mass is 32.2. The molecule has 0 saturated carbocycles. The Morgan fingerprint density at radius 1 is 0.935 bits per heavy atom. The first-order chi connectivity index (χ1) is 15.2. The zero-order valence-electron chi connectivity index (χ0n) is 16.4. The van der Waals surface area contributed by atoms with Gasteiger partial charge in [0.2, 0.25) is 0 Å². The van der Waals surface area contributed by atoms with Crippen LogP contribution >= 0.6 is 34.9 Å². The summed E-state index contributed by atoms with van der Waals surface area (Å²) in [5.74, 6) is -0.686. The number of aromatic nitrogens is 1. The Hall–Kier alpha value is -2.80. The van der Waals surface area contributed by atoms with Crippen molar-refractivity contribution in [3.8, 4) is 6.07 Å². The Bertz CT molecular complexity index is 1050. The highest BCUT2D eigenvalue weighted by Gasteiger charge is 2.21. The number of esters is 2. The van der Waals surface area contributed by atoms with Gasteiger partial charge in [0.1, 0.15) is 23.1 Å². The van der Waals surface area contributed by atoms with Crippen LogP contribution in [-0.2, 0) is 27.5 Å². The number of ether oxygens (including phenoxy) is 2. The number of carbonyl (C=O) groups excluding carboxylic acids is 2. The van der Waals surface area contributed by atoms with Crippen molar-refractivity contribution in [3.05, 3.63) is 76.7 Å². The number of hydrogen-bond donors (Lipinski definition) is 0. The molecule has 0 fully saturated rings. The van der Waals surface area contributed by atoms with Crippen LogP contribution in [0.4, 0.5) is 0 Å². The molecule has 0 amide bonds. The number of nitriles is 1. The number of carbonyl (C=O) groups is 2. The molecule has 0 aliphatic rings. The number of thioether (sulfide) groups is 2. The minimum atomic E-state index is -0.509. The van der Waals surface area contributed by atoms with Crippen LogP contribution in [0.25, 0.3) is 0 Å². The van der Waals surface area contributed by atoms with Gasteiger partial charge in [-0.05, 0) is 11.1 Å². The van der Waals surface area contributed by atoms with E-state index in [1.807, 2.05) is 66.7 Å². The largest absolute Gasteiger partial charge is 0.460 e. The lowest BCUT2D eigenvalue weighted by atomic mass is 10.2. The van der Waals surface area contributed by atoms with Crippen molar-refractivity contribution >= 4 is 46.8 Å². The van der Waals surface area contributed by atoms with E-state index in [1.165, 1.54) is 11.8 Å². The minimum absolute atomic E-state index is 0.0118. The van der Waals surface area contributed by atoms with Gasteiger partial charge in [0, 0.05) is 0 Å². The first kappa shape index (κ1) is 22.9. The number of benzene rings is 2. The maximum Gasteiger partial charge on any atom is 0.351 e.